The van der Waals surface area contributed by atoms with Gasteiger partial charge in [0.2, 0.25) is 0 Å². The van der Waals surface area contributed by atoms with Crippen LogP contribution < -0.4 is 20.3 Å². The maximum Gasteiger partial charge on any atom is 0.404 e. The molecule has 0 radical (unpaired) electrons. The van der Waals surface area contributed by atoms with Gasteiger partial charge in [0.1, 0.15) is 17.6 Å². The van der Waals surface area contributed by atoms with Crippen molar-refractivity contribution in [3.63, 3.8) is 0 Å². The molecule has 3 N–H and O–H groups in total. The molecule has 2 aliphatic heterocycles. The van der Waals surface area contributed by atoms with Crippen LogP contribution in [0.15, 0.2) is 30.5 Å². The van der Waals surface area contributed by atoms with Crippen molar-refractivity contribution in [2.75, 3.05) is 56.6 Å². The summed E-state index contributed by atoms with van der Waals surface area (Å²) in [7, 11) is 1.82. The highest BCUT2D eigenvalue weighted by atomic mass is 16.5. The number of rotatable bonds is 9. The summed E-state index contributed by atoms with van der Waals surface area (Å²) < 4.78 is 5.62. The normalized spacial score (nSPS) is 17.6. The van der Waals surface area contributed by atoms with Gasteiger partial charge in [-0.1, -0.05) is 0 Å². The highest BCUT2D eigenvalue weighted by Crippen LogP contribution is 2.26. The number of hydrogen-bond acceptors (Lipinski definition) is 8. The van der Waals surface area contributed by atoms with E-state index in [-0.39, 0.29) is 17.8 Å². The van der Waals surface area contributed by atoms with Crippen molar-refractivity contribution in [3.8, 4) is 11.8 Å². The molecule has 2 aliphatic rings. The summed E-state index contributed by atoms with van der Waals surface area (Å²) in [4.78, 5) is 37.7. The van der Waals surface area contributed by atoms with Gasteiger partial charge >= 0.3 is 12.1 Å². The Morgan fingerprint density at radius 1 is 1.28 bits per heavy atom. The van der Waals surface area contributed by atoms with E-state index in [2.05, 4.69) is 26.6 Å². The number of anilines is 3. The largest absolute Gasteiger partial charge is 0.494 e. The molecule has 2 aromatic rings. The first-order valence-corrected chi connectivity index (χ1v) is 11.9. The standard InChI is InChI=1S/C24H30N8O4/c1-30-11-12-32(24(30)35)18-4-2-10-31(16-18)21-15-27-20(14-25)22(29-21)28-17-5-7-19(8-6-17)36-13-3-9-26-23(33)34/h5-8,15,18,26H,2-4,9-13,16H2,1H3,(H,28,29)(H,33,34). The quantitative estimate of drug-likeness (QED) is 0.447. The summed E-state index contributed by atoms with van der Waals surface area (Å²) >= 11 is 0. The van der Waals surface area contributed by atoms with Crippen LogP contribution in [-0.2, 0) is 0 Å². The summed E-state index contributed by atoms with van der Waals surface area (Å²) in [6.07, 6.45) is 3.01. The second kappa shape index (κ2) is 11.4. The number of likely N-dealkylation sites (N-methyl/N-ethyl adjacent to an activating group) is 1. The summed E-state index contributed by atoms with van der Waals surface area (Å²) in [5.41, 5.74) is 0.912. The molecular weight excluding hydrogens is 464 g/mol. The van der Waals surface area contributed by atoms with Gasteiger partial charge in [-0.15, -0.1) is 0 Å². The Hall–Kier alpha value is -4.27. The molecule has 1 atom stereocenters. The highest BCUT2D eigenvalue weighted by molar-refractivity contribution is 5.76. The summed E-state index contributed by atoms with van der Waals surface area (Å²) in [6, 6.07) is 9.47. The molecule has 0 bridgehead atoms. The zero-order chi connectivity index (χ0) is 25.5. The zero-order valence-corrected chi connectivity index (χ0v) is 20.2. The number of piperidine rings is 1. The second-order valence-corrected chi connectivity index (χ2v) is 8.76. The monoisotopic (exact) mass is 494 g/mol. The lowest BCUT2D eigenvalue weighted by molar-refractivity contribution is 0.175. The predicted octanol–water partition coefficient (Wildman–Crippen LogP) is 2.46. The number of carbonyl (C=O) groups excluding carboxylic acids is 1. The van der Waals surface area contributed by atoms with Crippen LogP contribution in [0.1, 0.15) is 25.0 Å². The average molecular weight is 495 g/mol. The number of amides is 3. The molecular formula is C24H30N8O4. The first-order valence-electron chi connectivity index (χ1n) is 11.9. The SMILES string of the molecule is CN1CCN(C2CCCN(c3cnc(C#N)c(Nc4ccc(OCCCNC(=O)O)cc4)n3)C2)C1=O. The molecule has 12 nitrogen and oxygen atoms in total. The molecule has 1 aromatic heterocycles. The van der Waals surface area contributed by atoms with Crippen molar-refractivity contribution in [1.29, 1.82) is 5.26 Å². The van der Waals surface area contributed by atoms with Gasteiger partial charge in [0.25, 0.3) is 0 Å². The van der Waals surface area contributed by atoms with Crippen molar-refractivity contribution in [3.05, 3.63) is 36.2 Å². The van der Waals surface area contributed by atoms with Crippen molar-refractivity contribution in [2.24, 2.45) is 0 Å². The fraction of sp³-hybridized carbons (Fsp3) is 0.458. The minimum Gasteiger partial charge on any atom is -0.494 e. The smallest absolute Gasteiger partial charge is 0.404 e. The van der Waals surface area contributed by atoms with E-state index in [9.17, 15) is 14.9 Å². The minimum atomic E-state index is -1.05. The Labute approximate surface area is 209 Å². The Morgan fingerprint density at radius 2 is 2.08 bits per heavy atom. The van der Waals surface area contributed by atoms with E-state index in [4.69, 9.17) is 14.8 Å². The fourth-order valence-electron chi connectivity index (χ4n) is 4.35. The zero-order valence-electron chi connectivity index (χ0n) is 20.2. The van der Waals surface area contributed by atoms with Crippen LogP contribution in [0.3, 0.4) is 0 Å². The topological polar surface area (TPSA) is 147 Å². The number of benzene rings is 1. The molecule has 36 heavy (non-hydrogen) atoms. The predicted molar refractivity (Wildman–Crippen MR) is 133 cm³/mol. The fourth-order valence-corrected chi connectivity index (χ4v) is 4.35. The molecule has 4 rings (SSSR count). The molecule has 3 heterocycles. The highest BCUT2D eigenvalue weighted by Gasteiger charge is 2.34. The number of carboxylic acid groups (broad SMARTS) is 1. The van der Waals surface area contributed by atoms with Crippen LogP contribution in [0.25, 0.3) is 0 Å². The third-order valence-corrected chi connectivity index (χ3v) is 6.26. The van der Waals surface area contributed by atoms with Gasteiger partial charge in [-0.3, -0.25) is 0 Å². The minimum absolute atomic E-state index is 0.0690. The molecule has 0 spiro atoms. The van der Waals surface area contributed by atoms with Crippen LogP contribution in [0, 0.1) is 11.3 Å². The van der Waals surface area contributed by atoms with E-state index in [1.54, 1.807) is 23.2 Å². The number of nitriles is 1. The van der Waals surface area contributed by atoms with Crippen LogP contribution in [-0.4, -0.2) is 89.4 Å². The first kappa shape index (κ1) is 24.8. The maximum absolute atomic E-state index is 12.5. The Balaban J connectivity index is 1.39. The lowest BCUT2D eigenvalue weighted by atomic mass is 10.0. The molecule has 2 saturated heterocycles. The molecule has 190 valence electrons. The van der Waals surface area contributed by atoms with E-state index in [0.29, 0.717) is 43.5 Å². The second-order valence-electron chi connectivity index (χ2n) is 8.76. The van der Waals surface area contributed by atoms with Crippen LogP contribution in [0.2, 0.25) is 0 Å². The van der Waals surface area contributed by atoms with E-state index < -0.39 is 6.09 Å². The maximum atomic E-state index is 12.5. The van der Waals surface area contributed by atoms with Gasteiger partial charge in [-0.05, 0) is 43.5 Å². The summed E-state index contributed by atoms with van der Waals surface area (Å²) in [5.74, 6) is 1.68. The average Bonchev–Trinajstić information content (AvgIpc) is 3.22. The van der Waals surface area contributed by atoms with Crippen molar-refractivity contribution >= 4 is 29.4 Å². The summed E-state index contributed by atoms with van der Waals surface area (Å²) in [5, 5.41) is 23.6. The van der Waals surface area contributed by atoms with Gasteiger partial charge in [-0.2, -0.15) is 5.26 Å². The molecule has 2 fully saturated rings. The molecule has 0 aliphatic carbocycles. The van der Waals surface area contributed by atoms with Crippen molar-refractivity contribution in [2.45, 2.75) is 25.3 Å². The lowest BCUT2D eigenvalue weighted by Crippen LogP contribution is -2.49. The number of nitrogens with one attached hydrogen (secondary N) is 2. The van der Waals surface area contributed by atoms with E-state index in [0.717, 1.165) is 38.2 Å². The van der Waals surface area contributed by atoms with Gasteiger partial charge in [0.15, 0.2) is 11.5 Å². The first-order chi connectivity index (χ1) is 17.4. The Morgan fingerprint density at radius 3 is 2.78 bits per heavy atom. The number of nitrogens with zero attached hydrogens (tertiary/aromatic N) is 6. The third kappa shape index (κ3) is 6.04. The molecule has 1 aromatic carbocycles. The van der Waals surface area contributed by atoms with Gasteiger partial charge < -0.3 is 35.2 Å². The van der Waals surface area contributed by atoms with E-state index in [1.165, 1.54) is 0 Å². The van der Waals surface area contributed by atoms with Crippen LogP contribution >= 0.6 is 0 Å². The molecule has 3 amide bonds. The van der Waals surface area contributed by atoms with Gasteiger partial charge in [-0.25, -0.2) is 19.6 Å². The number of aromatic nitrogens is 2. The van der Waals surface area contributed by atoms with Gasteiger partial charge in [0, 0.05) is 45.5 Å². The van der Waals surface area contributed by atoms with Crippen LogP contribution in [0.4, 0.5) is 26.9 Å². The van der Waals surface area contributed by atoms with E-state index >= 15 is 0 Å². The van der Waals surface area contributed by atoms with Crippen LogP contribution in [0.5, 0.6) is 5.75 Å². The summed E-state index contributed by atoms with van der Waals surface area (Å²) in [6.45, 7) is 3.67. The Bertz CT molecular complexity index is 1120. The molecule has 0 saturated carbocycles. The lowest BCUT2D eigenvalue weighted by Gasteiger charge is -2.37. The number of carbonyl (C=O) groups is 2. The Kier molecular flexibility index (Phi) is 7.89. The van der Waals surface area contributed by atoms with Gasteiger partial charge in [0.05, 0.1) is 18.8 Å². The molecule has 12 heteroatoms. The molecule has 1 unspecified atom stereocenters. The van der Waals surface area contributed by atoms with E-state index in [1.807, 2.05) is 24.1 Å². The third-order valence-electron chi connectivity index (χ3n) is 6.26. The number of urea groups is 1. The van der Waals surface area contributed by atoms with Crippen molar-refractivity contribution in [1.82, 2.24) is 25.1 Å². The number of hydrogen-bond donors (Lipinski definition) is 3. The van der Waals surface area contributed by atoms with Crippen molar-refractivity contribution < 1.29 is 19.4 Å². The number of ether oxygens (including phenoxy) is 1.